The number of pyridine rings is 1. The Morgan fingerprint density at radius 2 is 2.07 bits per heavy atom. The van der Waals surface area contributed by atoms with Crippen LogP contribution in [0.1, 0.15) is 42.1 Å². The van der Waals surface area contributed by atoms with Crippen molar-refractivity contribution < 1.29 is 18.8 Å². The molecule has 2 aromatic heterocycles. The van der Waals surface area contributed by atoms with E-state index in [0.29, 0.717) is 41.3 Å². The van der Waals surface area contributed by atoms with Crippen LogP contribution in [0, 0.1) is 18.8 Å². The van der Waals surface area contributed by atoms with Crippen LogP contribution in [0.5, 0.6) is 0 Å². The summed E-state index contributed by atoms with van der Waals surface area (Å²) in [5.74, 6) is 1.49. The number of nitrogens with zero attached hydrogens (tertiary/aromatic N) is 3. The quantitative estimate of drug-likeness (QED) is 0.540. The molecule has 2 aromatic rings. The second-order valence-corrected chi connectivity index (χ2v) is 8.36. The molecule has 2 atom stereocenters. The van der Waals surface area contributed by atoms with Gasteiger partial charge in [-0.25, -0.2) is 9.78 Å². The molecule has 1 aliphatic heterocycles. The van der Waals surface area contributed by atoms with Crippen LogP contribution >= 0.6 is 11.8 Å². The molecule has 0 aromatic carbocycles. The van der Waals surface area contributed by atoms with E-state index in [2.05, 4.69) is 24.0 Å². The first-order valence-corrected chi connectivity index (χ1v) is 10.4. The number of piperidine rings is 1. The zero-order valence-corrected chi connectivity index (χ0v) is 17.2. The molecule has 0 N–H and O–H groups in total. The third-order valence-corrected chi connectivity index (χ3v) is 5.61. The number of ether oxygens (including phenoxy) is 1. The molecule has 0 spiro atoms. The molecule has 1 aliphatic rings. The van der Waals surface area contributed by atoms with Gasteiger partial charge in [-0.05, 0) is 37.3 Å². The summed E-state index contributed by atoms with van der Waals surface area (Å²) in [7, 11) is 0. The van der Waals surface area contributed by atoms with Crippen LogP contribution in [-0.2, 0) is 15.3 Å². The minimum absolute atomic E-state index is 0.150. The summed E-state index contributed by atoms with van der Waals surface area (Å²) in [5, 5.41) is 4.48. The second-order valence-electron chi connectivity index (χ2n) is 7.39. The zero-order valence-electron chi connectivity index (χ0n) is 16.4. The van der Waals surface area contributed by atoms with Gasteiger partial charge in [0.05, 0.1) is 11.3 Å². The minimum Gasteiger partial charge on any atom is -0.452 e. The Hall–Kier alpha value is -2.35. The lowest BCUT2D eigenvalue weighted by Gasteiger charge is -2.34. The first-order chi connectivity index (χ1) is 13.4. The van der Waals surface area contributed by atoms with Gasteiger partial charge >= 0.3 is 5.97 Å². The highest BCUT2D eigenvalue weighted by Gasteiger charge is 2.26. The maximum absolute atomic E-state index is 12.5. The highest BCUT2D eigenvalue weighted by Crippen LogP contribution is 2.25. The van der Waals surface area contributed by atoms with Gasteiger partial charge in [-0.3, -0.25) is 4.79 Å². The van der Waals surface area contributed by atoms with Crippen molar-refractivity contribution in [2.45, 2.75) is 38.0 Å². The smallest absolute Gasteiger partial charge is 0.341 e. The number of hydrogen-bond donors (Lipinski definition) is 0. The van der Waals surface area contributed by atoms with Gasteiger partial charge in [-0.2, -0.15) is 0 Å². The van der Waals surface area contributed by atoms with Gasteiger partial charge in [0, 0.05) is 31.1 Å². The topological polar surface area (TPSA) is 85.5 Å². The highest BCUT2D eigenvalue weighted by molar-refractivity contribution is 7.98. The molecule has 0 aliphatic carbocycles. The molecule has 28 heavy (non-hydrogen) atoms. The van der Waals surface area contributed by atoms with Gasteiger partial charge in [0.2, 0.25) is 0 Å². The van der Waals surface area contributed by atoms with E-state index in [4.69, 9.17) is 9.26 Å². The van der Waals surface area contributed by atoms with E-state index in [1.807, 2.05) is 13.0 Å². The molecule has 0 bridgehead atoms. The van der Waals surface area contributed by atoms with Gasteiger partial charge in [0.25, 0.3) is 5.91 Å². The van der Waals surface area contributed by atoms with Crippen molar-refractivity contribution in [1.29, 1.82) is 0 Å². The fourth-order valence-electron chi connectivity index (χ4n) is 3.45. The molecule has 0 unspecified atom stereocenters. The Kier molecular flexibility index (Phi) is 6.72. The third kappa shape index (κ3) is 5.34. The third-order valence-electron chi connectivity index (χ3n) is 4.57. The number of carbonyl (C=O) groups is 2. The van der Waals surface area contributed by atoms with Gasteiger partial charge in [0.1, 0.15) is 10.8 Å². The fourth-order valence-corrected chi connectivity index (χ4v) is 4.32. The molecule has 1 saturated heterocycles. The Bertz CT molecular complexity index is 828. The van der Waals surface area contributed by atoms with E-state index in [1.165, 1.54) is 11.8 Å². The van der Waals surface area contributed by atoms with Crippen molar-refractivity contribution in [2.24, 2.45) is 11.8 Å². The number of aromatic nitrogens is 2. The standard InChI is InChI=1S/C20H25N3O4S/c1-13-7-14(2)10-23(9-13)18(24)11-26-20(25)17-5-4-6-21-19(17)28-12-16-8-15(3)27-22-16/h4-6,8,13-14H,7,9-12H2,1-3H3/t13-,14-/m0/s1. The summed E-state index contributed by atoms with van der Waals surface area (Å²) in [6.45, 7) is 7.28. The van der Waals surface area contributed by atoms with Crippen LogP contribution < -0.4 is 0 Å². The molecule has 0 saturated carbocycles. The van der Waals surface area contributed by atoms with Crippen molar-refractivity contribution in [3.8, 4) is 0 Å². The zero-order chi connectivity index (χ0) is 20.1. The lowest BCUT2D eigenvalue weighted by Crippen LogP contribution is -2.44. The average Bonchev–Trinajstić information content (AvgIpc) is 3.09. The lowest BCUT2D eigenvalue weighted by molar-refractivity contribution is -0.137. The molecule has 7 nitrogen and oxygen atoms in total. The predicted molar refractivity (Wildman–Crippen MR) is 105 cm³/mol. The van der Waals surface area contributed by atoms with Crippen molar-refractivity contribution in [3.05, 3.63) is 41.4 Å². The number of carbonyl (C=O) groups excluding carboxylic acids is 2. The van der Waals surface area contributed by atoms with Crippen LogP contribution in [0.3, 0.4) is 0 Å². The van der Waals surface area contributed by atoms with Crippen LogP contribution in [0.15, 0.2) is 33.9 Å². The minimum atomic E-state index is -0.543. The maximum atomic E-state index is 12.5. The van der Waals surface area contributed by atoms with Gasteiger partial charge in [0.15, 0.2) is 6.61 Å². The number of likely N-dealkylation sites (tertiary alicyclic amines) is 1. The Balaban J connectivity index is 1.57. The van der Waals surface area contributed by atoms with Crippen LogP contribution in [0.25, 0.3) is 0 Å². The monoisotopic (exact) mass is 403 g/mol. The number of hydrogen-bond acceptors (Lipinski definition) is 7. The van der Waals surface area contributed by atoms with Crippen molar-refractivity contribution in [2.75, 3.05) is 19.7 Å². The van der Waals surface area contributed by atoms with E-state index >= 15 is 0 Å². The van der Waals surface area contributed by atoms with Gasteiger partial charge in [-0.15, -0.1) is 0 Å². The highest BCUT2D eigenvalue weighted by atomic mass is 32.2. The largest absolute Gasteiger partial charge is 0.452 e. The predicted octanol–water partition coefficient (Wildman–Crippen LogP) is 3.33. The van der Waals surface area contributed by atoms with Crippen LogP contribution in [-0.4, -0.2) is 46.6 Å². The summed E-state index contributed by atoms with van der Waals surface area (Å²) in [6, 6.07) is 5.17. The van der Waals surface area contributed by atoms with Gasteiger partial charge in [-0.1, -0.05) is 30.8 Å². The molecule has 3 heterocycles. The number of thioether (sulfide) groups is 1. The molecule has 1 fully saturated rings. The van der Waals surface area contributed by atoms with E-state index in [1.54, 1.807) is 23.2 Å². The van der Waals surface area contributed by atoms with E-state index in [9.17, 15) is 9.59 Å². The summed E-state index contributed by atoms with van der Waals surface area (Å²) in [6.07, 6.45) is 2.74. The molecule has 1 amide bonds. The van der Waals surface area contributed by atoms with Gasteiger partial charge < -0.3 is 14.2 Å². The number of rotatable bonds is 6. The first kappa shape index (κ1) is 20.4. The number of amides is 1. The number of esters is 1. The van der Waals surface area contributed by atoms with Crippen molar-refractivity contribution in [1.82, 2.24) is 15.0 Å². The average molecular weight is 404 g/mol. The molecule has 3 rings (SSSR count). The Morgan fingerprint density at radius 3 is 2.75 bits per heavy atom. The summed E-state index contributed by atoms with van der Waals surface area (Å²) in [4.78, 5) is 31.0. The Labute approximate surface area is 168 Å². The Morgan fingerprint density at radius 1 is 1.32 bits per heavy atom. The SMILES string of the molecule is Cc1cc(CSc2ncccc2C(=O)OCC(=O)N2C[C@@H](C)C[C@H](C)C2)no1. The summed E-state index contributed by atoms with van der Waals surface area (Å²) < 4.78 is 10.3. The molecular formula is C20H25N3O4S. The summed E-state index contributed by atoms with van der Waals surface area (Å²) in [5.41, 5.74) is 1.12. The van der Waals surface area contributed by atoms with E-state index in [-0.39, 0.29) is 12.5 Å². The fraction of sp³-hybridized carbons (Fsp3) is 0.500. The van der Waals surface area contributed by atoms with Crippen molar-refractivity contribution in [3.63, 3.8) is 0 Å². The van der Waals surface area contributed by atoms with Crippen LogP contribution in [0.4, 0.5) is 0 Å². The summed E-state index contributed by atoms with van der Waals surface area (Å²) >= 11 is 1.37. The van der Waals surface area contributed by atoms with Crippen molar-refractivity contribution >= 4 is 23.6 Å². The molecular weight excluding hydrogens is 378 g/mol. The maximum Gasteiger partial charge on any atom is 0.341 e. The normalized spacial score (nSPS) is 19.5. The van der Waals surface area contributed by atoms with E-state index in [0.717, 1.165) is 17.9 Å². The molecule has 150 valence electrons. The molecule has 8 heteroatoms. The first-order valence-electron chi connectivity index (χ1n) is 9.37. The molecule has 0 radical (unpaired) electrons. The second kappa shape index (κ2) is 9.23. The number of aryl methyl sites for hydroxylation is 1. The lowest BCUT2D eigenvalue weighted by atomic mass is 9.92. The van der Waals surface area contributed by atoms with Crippen LogP contribution in [0.2, 0.25) is 0 Å². The van der Waals surface area contributed by atoms with E-state index < -0.39 is 5.97 Å².